The van der Waals surface area contributed by atoms with Crippen molar-refractivity contribution in [2.75, 3.05) is 20.1 Å². The first-order valence-electron chi connectivity index (χ1n) is 5.88. The van der Waals surface area contributed by atoms with E-state index in [4.69, 9.17) is 0 Å². The van der Waals surface area contributed by atoms with Gasteiger partial charge in [-0.2, -0.15) is 0 Å². The number of carbonyl (C=O) groups excluding carboxylic acids is 1. The second-order valence-electron chi connectivity index (χ2n) is 4.65. The molecule has 0 bridgehead atoms. The van der Waals surface area contributed by atoms with Crippen LogP contribution in [0.15, 0.2) is 24.3 Å². The molecule has 0 aliphatic carbocycles. The Hall–Kier alpha value is -1.55. The maximum Gasteiger partial charge on any atom is 0.222 e. The number of nitrogens with one attached hydrogen (secondary N) is 1. The van der Waals surface area contributed by atoms with Crippen LogP contribution in [0.1, 0.15) is 12.0 Å². The Morgan fingerprint density at radius 2 is 2.29 bits per heavy atom. The predicted molar refractivity (Wildman–Crippen MR) is 65.6 cm³/mol. The Morgan fingerprint density at radius 3 is 2.88 bits per heavy atom. The lowest BCUT2D eigenvalue weighted by Crippen LogP contribution is -2.44. The molecule has 0 saturated carbocycles. The summed E-state index contributed by atoms with van der Waals surface area (Å²) in [6.07, 6.45) is 0.613. The number of aromatic hydroxyl groups is 1. The lowest BCUT2D eigenvalue weighted by molar-refractivity contribution is -0.131. The van der Waals surface area contributed by atoms with E-state index in [-0.39, 0.29) is 11.7 Å². The fraction of sp³-hybridized carbons (Fsp3) is 0.462. The molecule has 1 aromatic carbocycles. The summed E-state index contributed by atoms with van der Waals surface area (Å²) < 4.78 is 0. The Labute approximate surface area is 101 Å². The van der Waals surface area contributed by atoms with Gasteiger partial charge in [-0.1, -0.05) is 12.1 Å². The normalized spacial score (nSPS) is 15.4. The molecular formula is C13H18N2O2. The Balaban J connectivity index is 1.87. The highest BCUT2D eigenvalue weighted by Crippen LogP contribution is 2.14. The summed E-state index contributed by atoms with van der Waals surface area (Å²) in [7, 11) is 1.80. The van der Waals surface area contributed by atoms with Crippen molar-refractivity contribution in [2.45, 2.75) is 13.0 Å². The molecule has 1 fully saturated rings. The van der Waals surface area contributed by atoms with Gasteiger partial charge in [-0.25, -0.2) is 0 Å². The summed E-state index contributed by atoms with van der Waals surface area (Å²) in [6, 6.07) is 7.02. The largest absolute Gasteiger partial charge is 0.508 e. The maximum absolute atomic E-state index is 11.9. The summed E-state index contributed by atoms with van der Waals surface area (Å²) in [5, 5.41) is 12.5. The van der Waals surface area contributed by atoms with Crippen LogP contribution in [-0.4, -0.2) is 36.1 Å². The van der Waals surface area contributed by atoms with Crippen LogP contribution in [0.2, 0.25) is 0 Å². The van der Waals surface area contributed by atoms with Gasteiger partial charge < -0.3 is 15.3 Å². The molecule has 2 rings (SSSR count). The molecule has 4 nitrogen and oxygen atoms in total. The van der Waals surface area contributed by atoms with Crippen LogP contribution in [0.5, 0.6) is 5.75 Å². The van der Waals surface area contributed by atoms with Crippen LogP contribution >= 0.6 is 0 Å². The van der Waals surface area contributed by atoms with Gasteiger partial charge in [0.15, 0.2) is 0 Å². The highest BCUT2D eigenvalue weighted by Gasteiger charge is 2.21. The van der Waals surface area contributed by atoms with Crippen molar-refractivity contribution in [2.24, 2.45) is 5.92 Å². The number of hydrogen-bond donors (Lipinski definition) is 2. The summed E-state index contributed by atoms with van der Waals surface area (Å²) in [5.74, 6) is 0.903. The van der Waals surface area contributed by atoms with Gasteiger partial charge in [0.05, 0.1) is 0 Å². The molecule has 1 aliphatic heterocycles. The fourth-order valence-electron chi connectivity index (χ4n) is 1.91. The summed E-state index contributed by atoms with van der Waals surface area (Å²) in [4.78, 5) is 13.6. The van der Waals surface area contributed by atoms with Gasteiger partial charge in [-0.3, -0.25) is 4.79 Å². The van der Waals surface area contributed by atoms with Gasteiger partial charge >= 0.3 is 0 Å². The molecule has 1 amide bonds. The fourth-order valence-corrected chi connectivity index (χ4v) is 1.91. The second kappa shape index (κ2) is 5.19. The minimum Gasteiger partial charge on any atom is -0.508 e. The molecule has 1 heterocycles. The van der Waals surface area contributed by atoms with E-state index >= 15 is 0 Å². The van der Waals surface area contributed by atoms with Gasteiger partial charge in [0.1, 0.15) is 5.75 Å². The van der Waals surface area contributed by atoms with Crippen molar-refractivity contribution >= 4 is 5.91 Å². The number of benzene rings is 1. The molecule has 0 spiro atoms. The van der Waals surface area contributed by atoms with Crippen molar-refractivity contribution in [3.8, 4) is 5.75 Å². The third kappa shape index (κ3) is 3.20. The van der Waals surface area contributed by atoms with E-state index in [1.165, 1.54) is 0 Å². The second-order valence-corrected chi connectivity index (χ2v) is 4.65. The van der Waals surface area contributed by atoms with Crippen LogP contribution in [-0.2, 0) is 11.3 Å². The molecule has 0 aromatic heterocycles. The number of hydrogen-bond acceptors (Lipinski definition) is 3. The molecule has 4 heteroatoms. The molecule has 0 unspecified atom stereocenters. The van der Waals surface area contributed by atoms with E-state index < -0.39 is 0 Å². The van der Waals surface area contributed by atoms with Crippen LogP contribution in [0.3, 0.4) is 0 Å². The molecule has 2 N–H and O–H groups in total. The number of phenolic OH excluding ortho intramolecular Hbond substituents is 1. The van der Waals surface area contributed by atoms with Gasteiger partial charge in [-0.15, -0.1) is 0 Å². The third-order valence-electron chi connectivity index (χ3n) is 3.09. The smallest absolute Gasteiger partial charge is 0.222 e. The standard InChI is InChI=1S/C13H18N2O2/c1-15(13(17)6-11-7-14-8-11)9-10-3-2-4-12(16)5-10/h2-5,11,14,16H,6-9H2,1H3. The SMILES string of the molecule is CN(Cc1cccc(O)c1)C(=O)CC1CNC1. The van der Waals surface area contributed by atoms with Crippen LogP contribution in [0.25, 0.3) is 0 Å². The molecule has 1 aromatic rings. The van der Waals surface area contributed by atoms with Crippen LogP contribution in [0.4, 0.5) is 0 Å². The quantitative estimate of drug-likeness (QED) is 0.816. The molecule has 0 atom stereocenters. The first-order valence-corrected chi connectivity index (χ1v) is 5.88. The van der Waals surface area contributed by atoms with Crippen LogP contribution < -0.4 is 5.32 Å². The predicted octanol–water partition coefficient (Wildman–Crippen LogP) is 0.960. The van der Waals surface area contributed by atoms with E-state index in [2.05, 4.69) is 5.32 Å². The molecule has 92 valence electrons. The van der Waals surface area contributed by atoms with E-state index in [0.717, 1.165) is 18.7 Å². The van der Waals surface area contributed by atoms with Gasteiger partial charge in [-0.05, 0) is 36.7 Å². The number of amides is 1. The van der Waals surface area contributed by atoms with E-state index in [1.54, 1.807) is 30.1 Å². The van der Waals surface area contributed by atoms with Crippen molar-refractivity contribution in [3.05, 3.63) is 29.8 Å². The Kier molecular flexibility index (Phi) is 3.64. The number of carbonyl (C=O) groups is 1. The van der Waals surface area contributed by atoms with Gasteiger partial charge in [0.25, 0.3) is 0 Å². The Bertz CT molecular complexity index is 402. The summed E-state index contributed by atoms with van der Waals surface area (Å²) in [6.45, 7) is 2.45. The zero-order valence-electron chi connectivity index (χ0n) is 10.0. The molecule has 1 aliphatic rings. The summed E-state index contributed by atoms with van der Waals surface area (Å²) >= 11 is 0. The van der Waals surface area contributed by atoms with Gasteiger partial charge in [0, 0.05) is 20.0 Å². The average molecular weight is 234 g/mol. The highest BCUT2D eigenvalue weighted by atomic mass is 16.3. The maximum atomic E-state index is 11.9. The van der Waals surface area contributed by atoms with Gasteiger partial charge in [0.2, 0.25) is 5.91 Å². The highest BCUT2D eigenvalue weighted by molar-refractivity contribution is 5.76. The molecule has 1 saturated heterocycles. The first-order chi connectivity index (χ1) is 8.15. The minimum absolute atomic E-state index is 0.167. The lowest BCUT2D eigenvalue weighted by atomic mass is 9.99. The van der Waals surface area contributed by atoms with E-state index in [1.807, 2.05) is 6.07 Å². The van der Waals surface area contributed by atoms with Crippen molar-refractivity contribution in [1.29, 1.82) is 0 Å². The monoisotopic (exact) mass is 234 g/mol. The third-order valence-corrected chi connectivity index (χ3v) is 3.09. The number of phenols is 1. The van der Waals surface area contributed by atoms with Crippen molar-refractivity contribution < 1.29 is 9.90 Å². The van der Waals surface area contributed by atoms with Crippen molar-refractivity contribution in [3.63, 3.8) is 0 Å². The van der Waals surface area contributed by atoms with E-state index in [0.29, 0.717) is 18.9 Å². The summed E-state index contributed by atoms with van der Waals surface area (Å²) in [5.41, 5.74) is 0.951. The van der Waals surface area contributed by atoms with Crippen LogP contribution in [0, 0.1) is 5.92 Å². The number of rotatable bonds is 4. The van der Waals surface area contributed by atoms with Crippen molar-refractivity contribution in [1.82, 2.24) is 10.2 Å². The minimum atomic E-state index is 0.167. The van der Waals surface area contributed by atoms with E-state index in [9.17, 15) is 9.90 Å². The molecule has 0 radical (unpaired) electrons. The first kappa shape index (κ1) is 11.9. The Morgan fingerprint density at radius 1 is 1.53 bits per heavy atom. The zero-order chi connectivity index (χ0) is 12.3. The average Bonchev–Trinajstić information content (AvgIpc) is 2.23. The topological polar surface area (TPSA) is 52.6 Å². The molecular weight excluding hydrogens is 216 g/mol. The number of nitrogens with zero attached hydrogens (tertiary/aromatic N) is 1. The lowest BCUT2D eigenvalue weighted by Gasteiger charge is -2.28. The molecule has 17 heavy (non-hydrogen) atoms. The zero-order valence-corrected chi connectivity index (χ0v) is 10.0.